The van der Waals surface area contributed by atoms with Crippen molar-refractivity contribution in [2.45, 2.75) is 0 Å². The molecule has 0 unspecified atom stereocenters. The van der Waals surface area contributed by atoms with Crippen molar-refractivity contribution < 1.29 is 0 Å². The summed E-state index contributed by atoms with van der Waals surface area (Å²) in [5, 5.41) is 1.79. The number of alkyl halides is 1. The second-order valence-electron chi connectivity index (χ2n) is 1.87. The van der Waals surface area contributed by atoms with Gasteiger partial charge in [0.2, 0.25) is 0 Å². The molecule has 0 radical (unpaired) electrons. The normalized spacial score (nSPS) is 9.40. The van der Waals surface area contributed by atoms with Crippen LogP contribution in [0.3, 0.4) is 0 Å². The van der Waals surface area contributed by atoms with E-state index in [1.54, 1.807) is 0 Å². The zero-order valence-electron chi connectivity index (χ0n) is 5.60. The Morgan fingerprint density at radius 3 is 1.80 bits per heavy atom. The van der Waals surface area contributed by atoms with Crippen molar-refractivity contribution in [3.8, 4) is 0 Å². The van der Waals surface area contributed by atoms with E-state index in [-0.39, 0.29) is 5.43 Å². The van der Waals surface area contributed by atoms with E-state index in [9.17, 15) is 4.79 Å². The molecule has 10 heavy (non-hydrogen) atoms. The maximum Gasteiger partial charge on any atom is 0.194 e. The summed E-state index contributed by atoms with van der Waals surface area (Å²) in [7, 11) is 0. The summed E-state index contributed by atoms with van der Waals surface area (Å²) >= 11 is 4.64. The maximum absolute atomic E-state index is 10.5. The molecule has 0 saturated carbocycles. The van der Waals surface area contributed by atoms with Gasteiger partial charge in [-0.2, -0.15) is 0 Å². The first-order chi connectivity index (χ1) is 4.89. The summed E-state index contributed by atoms with van der Waals surface area (Å²) in [6.07, 6.45) is 1.47. The molecule has 1 nitrogen and oxygen atoms in total. The van der Waals surface area contributed by atoms with Crippen LogP contribution < -0.4 is 5.43 Å². The van der Waals surface area contributed by atoms with Crippen LogP contribution in [0.25, 0.3) is 10.8 Å². The number of halogens is 1. The topological polar surface area (TPSA) is 17.1 Å². The quantitative estimate of drug-likeness (QED) is 0.530. The van der Waals surface area contributed by atoms with Gasteiger partial charge < -0.3 is 0 Å². The zero-order valence-corrected chi connectivity index (χ0v) is 6.35. The van der Waals surface area contributed by atoms with Crippen LogP contribution in [0, 0.1) is 0 Å². The van der Waals surface area contributed by atoms with Crippen LogP contribution in [0.15, 0.2) is 29.1 Å². The standard InChI is InChI=1S/C7H4O.CH3Cl/c8-7-5-3-1-2-4-6(5)7;1-2/h1-4H;1H3. The van der Waals surface area contributed by atoms with Crippen LogP contribution in [-0.4, -0.2) is 6.38 Å². The Kier molecular flexibility index (Phi) is 2.07. The molecule has 0 aliphatic carbocycles. The number of hydrogen-bond donors (Lipinski definition) is 0. The van der Waals surface area contributed by atoms with Gasteiger partial charge in [0.25, 0.3) is 0 Å². The van der Waals surface area contributed by atoms with Crippen LogP contribution in [0.1, 0.15) is 0 Å². The second kappa shape index (κ2) is 2.84. The molecule has 2 rings (SSSR count). The van der Waals surface area contributed by atoms with Gasteiger partial charge >= 0.3 is 0 Å². The highest BCUT2D eigenvalue weighted by Crippen LogP contribution is 2.11. The monoisotopic (exact) mass is 154 g/mol. The number of hydrogen-bond acceptors (Lipinski definition) is 1. The summed E-state index contributed by atoms with van der Waals surface area (Å²) in [4.78, 5) is 10.5. The molecule has 0 aromatic heterocycles. The Bertz CT molecular complexity index is 300. The molecular formula is C8H7ClO. The van der Waals surface area contributed by atoms with E-state index in [1.165, 1.54) is 6.38 Å². The summed E-state index contributed by atoms with van der Waals surface area (Å²) in [5.41, 5.74) is 0.218. The molecule has 52 valence electrons. The van der Waals surface area contributed by atoms with Gasteiger partial charge in [-0.05, 0) is 0 Å². The Morgan fingerprint density at radius 2 is 1.50 bits per heavy atom. The molecule has 0 aliphatic heterocycles. The van der Waals surface area contributed by atoms with Crippen molar-refractivity contribution in [1.29, 1.82) is 0 Å². The fourth-order valence-corrected chi connectivity index (χ4v) is 0.833. The lowest BCUT2D eigenvalue weighted by Crippen LogP contribution is -1.66. The van der Waals surface area contributed by atoms with E-state index in [4.69, 9.17) is 0 Å². The Labute approximate surface area is 63.9 Å². The van der Waals surface area contributed by atoms with Gasteiger partial charge in [0.1, 0.15) is 0 Å². The summed E-state index contributed by atoms with van der Waals surface area (Å²) < 4.78 is 0. The highest BCUT2D eigenvalue weighted by Gasteiger charge is 2.07. The molecule has 0 saturated heterocycles. The molecule has 0 bridgehead atoms. The first-order valence-electron chi connectivity index (χ1n) is 2.91. The third kappa shape index (κ3) is 1.05. The highest BCUT2D eigenvalue weighted by molar-refractivity contribution is 6.15. The Morgan fingerprint density at radius 1 is 1.10 bits per heavy atom. The van der Waals surface area contributed by atoms with Crippen LogP contribution in [0.5, 0.6) is 0 Å². The summed E-state index contributed by atoms with van der Waals surface area (Å²) in [6.45, 7) is 0. The molecule has 0 heterocycles. The molecule has 0 aliphatic rings. The first kappa shape index (κ1) is 7.29. The molecular weight excluding hydrogens is 148 g/mol. The van der Waals surface area contributed by atoms with Crippen molar-refractivity contribution in [3.63, 3.8) is 0 Å². The molecule has 0 amide bonds. The minimum Gasteiger partial charge on any atom is -0.289 e. The highest BCUT2D eigenvalue weighted by atomic mass is 35.5. The van der Waals surface area contributed by atoms with Gasteiger partial charge in [0.05, 0.1) is 0 Å². The third-order valence-corrected chi connectivity index (χ3v) is 1.35. The molecule has 0 N–H and O–H groups in total. The van der Waals surface area contributed by atoms with Gasteiger partial charge in [-0.15, -0.1) is 11.6 Å². The van der Waals surface area contributed by atoms with Gasteiger partial charge in [-0.3, -0.25) is 4.79 Å². The van der Waals surface area contributed by atoms with Crippen molar-refractivity contribution >= 4 is 22.4 Å². The van der Waals surface area contributed by atoms with Gasteiger partial charge in [0.15, 0.2) is 5.43 Å². The Hall–Kier alpha value is -0.820. The number of rotatable bonds is 0. The predicted octanol–water partition coefficient (Wildman–Crippen LogP) is 1.93. The molecule has 0 atom stereocenters. The van der Waals surface area contributed by atoms with Crippen LogP contribution in [0.2, 0.25) is 0 Å². The lowest BCUT2D eigenvalue weighted by Gasteiger charge is -1.66. The zero-order chi connectivity index (χ0) is 7.56. The first-order valence-corrected chi connectivity index (χ1v) is 3.67. The third-order valence-electron chi connectivity index (χ3n) is 1.35. The van der Waals surface area contributed by atoms with E-state index in [2.05, 4.69) is 11.6 Å². The molecule has 2 aromatic carbocycles. The van der Waals surface area contributed by atoms with Crippen LogP contribution in [0.4, 0.5) is 0 Å². The van der Waals surface area contributed by atoms with E-state index >= 15 is 0 Å². The fraction of sp³-hybridized carbons (Fsp3) is 0.125. The molecule has 2 aromatic rings. The van der Waals surface area contributed by atoms with Crippen LogP contribution in [-0.2, 0) is 0 Å². The van der Waals surface area contributed by atoms with Gasteiger partial charge in [-0.1, -0.05) is 24.3 Å². The fourth-order valence-electron chi connectivity index (χ4n) is 0.833. The van der Waals surface area contributed by atoms with E-state index in [1.807, 2.05) is 24.3 Å². The van der Waals surface area contributed by atoms with Gasteiger partial charge in [-0.25, -0.2) is 0 Å². The second-order valence-corrected chi connectivity index (χ2v) is 1.87. The van der Waals surface area contributed by atoms with E-state index in [0.29, 0.717) is 0 Å². The summed E-state index contributed by atoms with van der Waals surface area (Å²) in [5.74, 6) is 0. The predicted molar refractivity (Wildman–Crippen MR) is 44.4 cm³/mol. The van der Waals surface area contributed by atoms with Crippen molar-refractivity contribution in [3.05, 3.63) is 34.5 Å². The van der Waals surface area contributed by atoms with E-state index < -0.39 is 0 Å². The number of benzene rings is 1. The van der Waals surface area contributed by atoms with Crippen LogP contribution >= 0.6 is 11.6 Å². The van der Waals surface area contributed by atoms with Gasteiger partial charge in [0, 0.05) is 17.2 Å². The van der Waals surface area contributed by atoms with Crippen molar-refractivity contribution in [2.75, 3.05) is 6.38 Å². The average Bonchev–Trinajstić information content (AvgIpc) is 2.68. The Balaban J connectivity index is 0.000000231. The number of fused-ring (bicyclic) bond motifs is 1. The minimum absolute atomic E-state index is 0.218. The molecule has 2 heteroatoms. The molecule has 0 fully saturated rings. The van der Waals surface area contributed by atoms with E-state index in [0.717, 1.165) is 10.8 Å². The SMILES string of the molecule is CCl.O=c1c2ccccc12. The van der Waals surface area contributed by atoms with Crippen molar-refractivity contribution in [2.24, 2.45) is 0 Å². The lowest BCUT2D eigenvalue weighted by atomic mass is 10.4. The smallest absolute Gasteiger partial charge is 0.194 e. The lowest BCUT2D eigenvalue weighted by molar-refractivity contribution is 1.90. The largest absolute Gasteiger partial charge is 0.289 e. The summed E-state index contributed by atoms with van der Waals surface area (Å²) in [6, 6.07) is 7.45. The average molecular weight is 155 g/mol. The maximum atomic E-state index is 10.5. The molecule has 0 spiro atoms. The minimum atomic E-state index is 0.218. The van der Waals surface area contributed by atoms with Crippen molar-refractivity contribution in [1.82, 2.24) is 0 Å².